The highest BCUT2D eigenvalue weighted by Gasteiger charge is 2.43. The lowest BCUT2D eigenvalue weighted by molar-refractivity contribution is -0.127. The van der Waals surface area contributed by atoms with E-state index in [1.165, 1.54) is 13.1 Å². The molecule has 5 unspecified atom stereocenters. The average Bonchev–Trinajstić information content (AvgIpc) is 2.79. The Morgan fingerprint density at radius 1 is 1.22 bits per heavy atom. The molecule has 2 saturated heterocycles. The quantitative estimate of drug-likeness (QED) is 0.572. The molecule has 1 saturated carbocycles. The Bertz CT molecular complexity index is 848. The van der Waals surface area contributed by atoms with Crippen molar-refractivity contribution in [2.75, 3.05) is 44.7 Å². The zero-order valence-electron chi connectivity index (χ0n) is 18.6. The number of anilines is 1. The zero-order chi connectivity index (χ0) is 22.8. The molecule has 1 aromatic heterocycles. The van der Waals surface area contributed by atoms with Crippen LogP contribution >= 0.6 is 0 Å². The van der Waals surface area contributed by atoms with Gasteiger partial charge < -0.3 is 20.9 Å². The Morgan fingerprint density at radius 3 is 2.62 bits per heavy atom. The predicted octanol–water partition coefficient (Wildman–Crippen LogP) is 0.686. The zero-order valence-corrected chi connectivity index (χ0v) is 18.6. The first-order valence-electron chi connectivity index (χ1n) is 11.5. The van der Waals surface area contributed by atoms with Gasteiger partial charge in [-0.25, -0.2) is 9.37 Å². The number of piperazine rings is 2. The number of aromatic nitrogens is 1. The number of halogens is 2. The van der Waals surface area contributed by atoms with Crippen molar-refractivity contribution < 1.29 is 18.4 Å². The van der Waals surface area contributed by atoms with Crippen LogP contribution in [0.5, 0.6) is 0 Å². The highest BCUT2D eigenvalue weighted by atomic mass is 19.1. The van der Waals surface area contributed by atoms with Crippen LogP contribution in [0.15, 0.2) is 12.1 Å². The number of alkyl halides is 1. The molecule has 32 heavy (non-hydrogen) atoms. The molecule has 2 aliphatic heterocycles. The van der Waals surface area contributed by atoms with E-state index in [1.54, 1.807) is 6.07 Å². The lowest BCUT2D eigenvalue weighted by atomic mass is 9.78. The van der Waals surface area contributed by atoms with Crippen molar-refractivity contribution in [3.63, 3.8) is 0 Å². The molecule has 3 aliphatic rings. The van der Waals surface area contributed by atoms with Crippen molar-refractivity contribution in [1.29, 1.82) is 0 Å². The molecule has 8 nitrogen and oxygen atoms in total. The van der Waals surface area contributed by atoms with Crippen LogP contribution in [0.25, 0.3) is 0 Å². The molecule has 1 aromatic rings. The number of carbonyl (C=O) groups excluding carboxylic acids is 2. The summed E-state index contributed by atoms with van der Waals surface area (Å²) in [5.41, 5.74) is 0.425. The van der Waals surface area contributed by atoms with Gasteiger partial charge in [0.15, 0.2) is 0 Å². The summed E-state index contributed by atoms with van der Waals surface area (Å²) in [4.78, 5) is 31.7. The summed E-state index contributed by atoms with van der Waals surface area (Å²) in [7, 11) is 1.48. The standard InChI is InChI=1S/C22H32F2N6O2/c1-3-15-22(32)28-17-10-13(14(23)11-18(17)26-15)12-29-6-8-30(9-7-29)19-5-4-16(21(31)25-2)27-20(19)24/h4-5,13-15,17-18,26H,3,6-12H2,1-2H3,(H,25,31)(H,28,32). The van der Waals surface area contributed by atoms with Crippen LogP contribution in [0.4, 0.5) is 14.5 Å². The number of pyridine rings is 1. The second kappa shape index (κ2) is 9.66. The maximum absolute atomic E-state index is 14.9. The topological polar surface area (TPSA) is 89.6 Å². The van der Waals surface area contributed by atoms with Gasteiger partial charge in [0.25, 0.3) is 5.91 Å². The Kier molecular flexibility index (Phi) is 6.90. The number of fused-ring (bicyclic) bond motifs is 1. The van der Waals surface area contributed by atoms with Crippen LogP contribution in [-0.2, 0) is 4.79 Å². The van der Waals surface area contributed by atoms with Crippen molar-refractivity contribution in [3.05, 3.63) is 23.8 Å². The van der Waals surface area contributed by atoms with Gasteiger partial charge in [0, 0.05) is 57.8 Å². The summed E-state index contributed by atoms with van der Waals surface area (Å²) in [6.07, 6.45) is 0.833. The Balaban J connectivity index is 1.31. The first-order chi connectivity index (χ1) is 15.4. The van der Waals surface area contributed by atoms with Crippen LogP contribution in [0.3, 0.4) is 0 Å². The van der Waals surface area contributed by atoms with Crippen LogP contribution in [0.2, 0.25) is 0 Å². The van der Waals surface area contributed by atoms with Crippen molar-refractivity contribution in [3.8, 4) is 0 Å². The molecule has 4 rings (SSSR count). The van der Waals surface area contributed by atoms with Gasteiger partial charge >= 0.3 is 0 Å². The third kappa shape index (κ3) is 4.71. The molecule has 0 radical (unpaired) electrons. The lowest BCUT2D eigenvalue weighted by Crippen LogP contribution is -2.67. The van der Waals surface area contributed by atoms with E-state index in [4.69, 9.17) is 0 Å². The van der Waals surface area contributed by atoms with Crippen LogP contribution in [0, 0.1) is 11.9 Å². The molecule has 3 heterocycles. The van der Waals surface area contributed by atoms with Crippen LogP contribution in [-0.4, -0.2) is 85.8 Å². The fraction of sp³-hybridized carbons (Fsp3) is 0.682. The van der Waals surface area contributed by atoms with E-state index >= 15 is 0 Å². The molecule has 0 aromatic carbocycles. The molecule has 3 fully saturated rings. The van der Waals surface area contributed by atoms with E-state index in [1.807, 2.05) is 11.8 Å². The molecular formula is C22H32F2N6O2. The van der Waals surface area contributed by atoms with E-state index in [0.29, 0.717) is 57.7 Å². The Morgan fingerprint density at radius 2 is 1.97 bits per heavy atom. The molecule has 176 valence electrons. The number of carbonyl (C=O) groups is 2. The first-order valence-corrected chi connectivity index (χ1v) is 11.5. The van der Waals surface area contributed by atoms with E-state index < -0.39 is 18.0 Å². The molecule has 5 atom stereocenters. The Hall–Kier alpha value is -2.33. The number of nitrogens with zero attached hydrogens (tertiary/aromatic N) is 3. The van der Waals surface area contributed by atoms with Gasteiger partial charge in [0.2, 0.25) is 11.9 Å². The van der Waals surface area contributed by atoms with Gasteiger partial charge in [-0.1, -0.05) is 6.92 Å². The number of hydrogen-bond donors (Lipinski definition) is 3. The summed E-state index contributed by atoms with van der Waals surface area (Å²) < 4.78 is 29.4. The SMILES string of the molecule is CCC1NC2CC(F)C(CN3CCN(c4ccc(C(=O)NC)nc4F)CC3)CC2NC1=O. The number of hydrogen-bond acceptors (Lipinski definition) is 6. The molecule has 1 aliphatic carbocycles. The lowest BCUT2D eigenvalue weighted by Gasteiger charge is -2.46. The van der Waals surface area contributed by atoms with Crippen molar-refractivity contribution in [2.45, 2.75) is 50.5 Å². The first kappa shape index (κ1) is 22.8. The summed E-state index contributed by atoms with van der Waals surface area (Å²) in [5.74, 6) is -1.21. The molecule has 2 amide bonds. The van der Waals surface area contributed by atoms with Crippen molar-refractivity contribution in [1.82, 2.24) is 25.8 Å². The van der Waals surface area contributed by atoms with Crippen molar-refractivity contribution in [2.24, 2.45) is 5.92 Å². The van der Waals surface area contributed by atoms with E-state index in [9.17, 15) is 18.4 Å². The minimum absolute atomic E-state index is 0.00557. The monoisotopic (exact) mass is 450 g/mol. The van der Waals surface area contributed by atoms with E-state index in [0.717, 1.165) is 0 Å². The third-order valence-electron chi connectivity index (χ3n) is 7.00. The number of nitrogens with one attached hydrogen (secondary N) is 3. The minimum atomic E-state index is -0.909. The highest BCUT2D eigenvalue weighted by molar-refractivity contribution is 5.92. The van der Waals surface area contributed by atoms with Gasteiger partial charge in [-0.15, -0.1) is 0 Å². The summed E-state index contributed by atoms with van der Waals surface area (Å²) in [6, 6.07) is 2.85. The molecule has 0 spiro atoms. The van der Waals surface area contributed by atoms with E-state index in [-0.39, 0.29) is 35.6 Å². The second-order valence-corrected chi connectivity index (χ2v) is 8.97. The maximum atomic E-state index is 14.9. The predicted molar refractivity (Wildman–Crippen MR) is 117 cm³/mol. The van der Waals surface area contributed by atoms with Gasteiger partial charge in [0.1, 0.15) is 11.9 Å². The van der Waals surface area contributed by atoms with Crippen molar-refractivity contribution >= 4 is 17.5 Å². The number of rotatable bonds is 5. The smallest absolute Gasteiger partial charge is 0.269 e. The van der Waals surface area contributed by atoms with Crippen LogP contribution in [0.1, 0.15) is 36.7 Å². The van der Waals surface area contributed by atoms with Gasteiger partial charge in [0.05, 0.1) is 11.7 Å². The largest absolute Gasteiger partial charge is 0.365 e. The van der Waals surface area contributed by atoms with Gasteiger partial charge in [-0.3, -0.25) is 14.5 Å². The molecular weight excluding hydrogens is 418 g/mol. The van der Waals surface area contributed by atoms with Gasteiger partial charge in [-0.05, 0) is 31.4 Å². The molecule has 3 N–H and O–H groups in total. The minimum Gasteiger partial charge on any atom is -0.365 e. The highest BCUT2D eigenvalue weighted by Crippen LogP contribution is 2.31. The van der Waals surface area contributed by atoms with Gasteiger partial charge in [-0.2, -0.15) is 4.39 Å². The Labute approximate surface area is 187 Å². The fourth-order valence-corrected chi connectivity index (χ4v) is 5.11. The molecule has 10 heteroatoms. The van der Waals surface area contributed by atoms with Crippen LogP contribution < -0.4 is 20.9 Å². The second-order valence-electron chi connectivity index (χ2n) is 8.97. The summed E-state index contributed by atoms with van der Waals surface area (Å²) >= 11 is 0. The maximum Gasteiger partial charge on any atom is 0.269 e. The summed E-state index contributed by atoms with van der Waals surface area (Å²) in [5, 5.41) is 8.84. The fourth-order valence-electron chi connectivity index (χ4n) is 5.11. The average molecular weight is 451 g/mol. The third-order valence-corrected chi connectivity index (χ3v) is 7.00. The normalized spacial score (nSPS) is 31.1. The summed E-state index contributed by atoms with van der Waals surface area (Å²) in [6.45, 7) is 5.16. The molecule has 0 bridgehead atoms. The number of amides is 2. The van der Waals surface area contributed by atoms with E-state index in [2.05, 4.69) is 25.8 Å².